The molecule has 0 saturated carbocycles. The second kappa shape index (κ2) is 6.31. The number of nitrogens with one attached hydrogen (secondary N) is 2. The maximum Gasteiger partial charge on any atom is 0.271 e. The summed E-state index contributed by atoms with van der Waals surface area (Å²) in [7, 11) is 1.85. The SMILES string of the molecule is Cn1nccc1C1SCC(=O)Nc2c1c(=O)[nH]n2C1CCOC(C)(C)C1. The summed E-state index contributed by atoms with van der Waals surface area (Å²) in [6.07, 6.45) is 3.27. The molecule has 26 heavy (non-hydrogen) atoms. The number of nitrogens with zero attached hydrogens (tertiary/aromatic N) is 3. The summed E-state index contributed by atoms with van der Waals surface area (Å²) in [5, 5.41) is 9.90. The average molecular weight is 377 g/mol. The van der Waals surface area contributed by atoms with Crippen LogP contribution in [0.5, 0.6) is 0 Å². The first-order valence-corrected chi connectivity index (χ1v) is 9.78. The molecule has 4 heterocycles. The van der Waals surface area contributed by atoms with Gasteiger partial charge in [0.2, 0.25) is 5.91 Å². The van der Waals surface area contributed by atoms with Gasteiger partial charge in [0.25, 0.3) is 5.56 Å². The minimum atomic E-state index is -0.262. The van der Waals surface area contributed by atoms with E-state index in [1.165, 1.54) is 11.8 Å². The summed E-state index contributed by atoms with van der Waals surface area (Å²) in [5.74, 6) is 0.780. The van der Waals surface area contributed by atoms with Crippen LogP contribution in [-0.2, 0) is 16.6 Å². The molecule has 140 valence electrons. The molecule has 0 aromatic carbocycles. The summed E-state index contributed by atoms with van der Waals surface area (Å²) in [5.41, 5.74) is 1.07. The van der Waals surface area contributed by atoms with Crippen molar-refractivity contribution in [3.05, 3.63) is 33.9 Å². The first-order chi connectivity index (χ1) is 12.4. The fourth-order valence-corrected chi connectivity index (χ4v) is 4.99. The molecule has 9 heteroatoms. The van der Waals surface area contributed by atoms with Crippen molar-refractivity contribution in [1.82, 2.24) is 19.6 Å². The Balaban J connectivity index is 1.82. The zero-order valence-electron chi connectivity index (χ0n) is 15.1. The quantitative estimate of drug-likeness (QED) is 0.833. The normalized spacial score (nSPS) is 25.4. The Labute approximate surface area is 155 Å². The van der Waals surface area contributed by atoms with Crippen LogP contribution in [0.4, 0.5) is 5.82 Å². The van der Waals surface area contributed by atoms with Crippen LogP contribution in [0, 0.1) is 0 Å². The number of thioether (sulfide) groups is 1. The Kier molecular flexibility index (Phi) is 4.23. The minimum absolute atomic E-state index is 0.0748. The van der Waals surface area contributed by atoms with Crippen LogP contribution < -0.4 is 10.9 Å². The fourth-order valence-electron chi connectivity index (χ4n) is 3.81. The van der Waals surface area contributed by atoms with E-state index in [0.717, 1.165) is 18.5 Å². The fraction of sp³-hybridized carbons (Fsp3) is 0.588. The number of carbonyl (C=O) groups excluding carboxylic acids is 1. The molecule has 0 bridgehead atoms. The Morgan fingerprint density at radius 2 is 2.19 bits per heavy atom. The highest BCUT2D eigenvalue weighted by molar-refractivity contribution is 8.00. The minimum Gasteiger partial charge on any atom is -0.375 e. The molecule has 2 aromatic heterocycles. The highest BCUT2D eigenvalue weighted by atomic mass is 32.2. The Morgan fingerprint density at radius 3 is 2.88 bits per heavy atom. The number of H-pyrrole nitrogens is 1. The van der Waals surface area contributed by atoms with E-state index < -0.39 is 0 Å². The lowest BCUT2D eigenvalue weighted by atomic mass is 9.94. The van der Waals surface area contributed by atoms with Gasteiger partial charge in [-0.1, -0.05) is 0 Å². The smallest absolute Gasteiger partial charge is 0.271 e. The molecule has 0 radical (unpaired) electrons. The molecule has 2 aliphatic rings. The van der Waals surface area contributed by atoms with E-state index in [1.807, 2.05) is 31.6 Å². The number of fused-ring (bicyclic) bond motifs is 1. The topological polar surface area (TPSA) is 93.9 Å². The zero-order valence-corrected chi connectivity index (χ0v) is 15.9. The molecule has 4 rings (SSSR count). The lowest BCUT2D eigenvalue weighted by molar-refractivity contribution is -0.113. The van der Waals surface area contributed by atoms with Crippen molar-refractivity contribution in [2.24, 2.45) is 7.05 Å². The van der Waals surface area contributed by atoms with Gasteiger partial charge in [-0.3, -0.25) is 24.1 Å². The number of carbonyl (C=O) groups is 1. The van der Waals surface area contributed by atoms with Gasteiger partial charge in [0.05, 0.1) is 33.9 Å². The molecular formula is C17H23N5O3S. The summed E-state index contributed by atoms with van der Waals surface area (Å²) in [6, 6.07) is 1.97. The van der Waals surface area contributed by atoms with Crippen LogP contribution in [0.1, 0.15) is 49.2 Å². The lowest BCUT2D eigenvalue weighted by Crippen LogP contribution is -2.36. The molecule has 0 spiro atoms. The monoisotopic (exact) mass is 377 g/mol. The van der Waals surface area contributed by atoms with Crippen LogP contribution in [0.25, 0.3) is 0 Å². The number of hydrogen-bond acceptors (Lipinski definition) is 5. The Morgan fingerprint density at radius 1 is 1.38 bits per heavy atom. The van der Waals surface area contributed by atoms with E-state index in [-0.39, 0.29) is 28.4 Å². The van der Waals surface area contributed by atoms with Crippen molar-refractivity contribution in [3.63, 3.8) is 0 Å². The third kappa shape index (κ3) is 2.99. The van der Waals surface area contributed by atoms with E-state index in [4.69, 9.17) is 4.74 Å². The maximum atomic E-state index is 12.9. The van der Waals surface area contributed by atoms with E-state index in [1.54, 1.807) is 10.9 Å². The van der Waals surface area contributed by atoms with Crippen molar-refractivity contribution in [2.75, 3.05) is 17.7 Å². The molecule has 2 N–H and O–H groups in total. The second-order valence-corrected chi connectivity index (χ2v) is 8.54. The van der Waals surface area contributed by atoms with Gasteiger partial charge in [-0.05, 0) is 32.8 Å². The predicted molar refractivity (Wildman–Crippen MR) is 99.5 cm³/mol. The van der Waals surface area contributed by atoms with Gasteiger partial charge in [-0.2, -0.15) is 5.10 Å². The number of aromatic nitrogens is 4. The molecule has 2 aromatic rings. The number of hydrogen-bond donors (Lipinski definition) is 2. The molecule has 8 nitrogen and oxygen atoms in total. The van der Waals surface area contributed by atoms with E-state index >= 15 is 0 Å². The van der Waals surface area contributed by atoms with Gasteiger partial charge in [-0.15, -0.1) is 11.8 Å². The average Bonchev–Trinajstić information content (AvgIpc) is 3.07. The Hall–Kier alpha value is -2.00. The van der Waals surface area contributed by atoms with Gasteiger partial charge < -0.3 is 10.1 Å². The van der Waals surface area contributed by atoms with Gasteiger partial charge >= 0.3 is 0 Å². The molecule has 1 amide bonds. The van der Waals surface area contributed by atoms with Crippen molar-refractivity contribution in [3.8, 4) is 0 Å². The van der Waals surface area contributed by atoms with Crippen molar-refractivity contribution in [2.45, 2.75) is 43.6 Å². The molecule has 1 fully saturated rings. The number of amides is 1. The standard InChI is InChI=1S/C17H23N5O3S/c1-17(2)8-10(5-7-25-17)22-15-13(16(24)20-22)14(26-9-12(23)19-15)11-4-6-18-21(11)3/h4,6,10,14H,5,7-9H2,1-3H3,(H,19,23)(H,20,24). The van der Waals surface area contributed by atoms with Gasteiger partial charge in [0.1, 0.15) is 5.82 Å². The molecular weight excluding hydrogens is 354 g/mol. The van der Waals surface area contributed by atoms with Crippen LogP contribution >= 0.6 is 11.8 Å². The lowest BCUT2D eigenvalue weighted by Gasteiger charge is -2.36. The van der Waals surface area contributed by atoms with Gasteiger partial charge in [0.15, 0.2) is 0 Å². The number of aromatic amines is 1. The van der Waals surface area contributed by atoms with Gasteiger partial charge in [0, 0.05) is 19.9 Å². The molecule has 2 atom stereocenters. The zero-order chi connectivity index (χ0) is 18.5. The highest BCUT2D eigenvalue weighted by Crippen LogP contribution is 2.41. The summed E-state index contributed by atoms with van der Waals surface area (Å²) < 4.78 is 9.40. The van der Waals surface area contributed by atoms with E-state index in [9.17, 15) is 9.59 Å². The number of aryl methyl sites for hydroxylation is 1. The molecule has 1 saturated heterocycles. The maximum absolute atomic E-state index is 12.9. The summed E-state index contributed by atoms with van der Waals surface area (Å²) in [6.45, 7) is 4.72. The third-order valence-electron chi connectivity index (χ3n) is 5.03. The van der Waals surface area contributed by atoms with E-state index in [2.05, 4.69) is 15.5 Å². The molecule has 2 aliphatic heterocycles. The largest absolute Gasteiger partial charge is 0.375 e. The molecule has 2 unspecified atom stereocenters. The van der Waals surface area contributed by atoms with Crippen LogP contribution in [0.15, 0.2) is 17.1 Å². The van der Waals surface area contributed by atoms with Crippen LogP contribution in [0.2, 0.25) is 0 Å². The summed E-state index contributed by atoms with van der Waals surface area (Å²) >= 11 is 1.45. The number of rotatable bonds is 2. The third-order valence-corrected chi connectivity index (χ3v) is 6.27. The highest BCUT2D eigenvalue weighted by Gasteiger charge is 2.36. The molecule has 0 aliphatic carbocycles. The first-order valence-electron chi connectivity index (χ1n) is 8.73. The Bertz CT molecular complexity index is 897. The van der Waals surface area contributed by atoms with Crippen molar-refractivity contribution < 1.29 is 9.53 Å². The second-order valence-electron chi connectivity index (χ2n) is 7.45. The first kappa shape index (κ1) is 17.4. The summed E-state index contributed by atoms with van der Waals surface area (Å²) in [4.78, 5) is 25.2. The number of anilines is 1. The van der Waals surface area contributed by atoms with Gasteiger partial charge in [-0.25, -0.2) is 0 Å². The van der Waals surface area contributed by atoms with Crippen LogP contribution in [-0.4, -0.2) is 43.4 Å². The van der Waals surface area contributed by atoms with Crippen molar-refractivity contribution in [1.29, 1.82) is 0 Å². The number of ether oxygens (including phenoxy) is 1. The van der Waals surface area contributed by atoms with Crippen LogP contribution in [0.3, 0.4) is 0 Å². The van der Waals surface area contributed by atoms with E-state index in [0.29, 0.717) is 23.7 Å². The van der Waals surface area contributed by atoms with Crippen molar-refractivity contribution >= 4 is 23.5 Å². The predicted octanol–water partition coefficient (Wildman–Crippen LogP) is 1.81.